The van der Waals surface area contributed by atoms with Crippen LogP contribution < -0.4 is 0 Å². The van der Waals surface area contributed by atoms with E-state index in [0.29, 0.717) is 41.6 Å². The average Bonchev–Trinajstić information content (AvgIpc) is 3.23. The SMILES string of the molecule is CC(C)Sc1ccc(C(=O)N2CCN(Cc3nc(-c4ccc(Cl)cc4)no3)CC2)cc1. The molecule has 1 aliphatic heterocycles. The van der Waals surface area contributed by atoms with Gasteiger partial charge in [-0.25, -0.2) is 0 Å². The van der Waals surface area contributed by atoms with Crippen LogP contribution in [0.25, 0.3) is 11.4 Å². The summed E-state index contributed by atoms with van der Waals surface area (Å²) >= 11 is 7.73. The molecular weight excluding hydrogens is 432 g/mol. The van der Waals surface area contributed by atoms with Gasteiger partial charge in [0.1, 0.15) is 0 Å². The summed E-state index contributed by atoms with van der Waals surface area (Å²) in [5.41, 5.74) is 1.61. The summed E-state index contributed by atoms with van der Waals surface area (Å²) in [4.78, 5) is 22.6. The predicted octanol–water partition coefficient (Wildman–Crippen LogP) is 4.85. The van der Waals surface area contributed by atoms with Crippen LogP contribution in [0.3, 0.4) is 0 Å². The summed E-state index contributed by atoms with van der Waals surface area (Å²) < 4.78 is 5.42. The standard InChI is InChI=1S/C23H25ClN4O2S/c1-16(2)31-20-9-5-18(6-10-20)23(29)28-13-11-27(12-14-28)15-21-25-22(26-30-21)17-3-7-19(24)8-4-17/h3-10,16H,11-15H2,1-2H3. The van der Waals surface area contributed by atoms with E-state index in [1.807, 2.05) is 41.3 Å². The van der Waals surface area contributed by atoms with Gasteiger partial charge < -0.3 is 9.42 Å². The highest BCUT2D eigenvalue weighted by Gasteiger charge is 2.23. The first kappa shape index (κ1) is 21.9. The van der Waals surface area contributed by atoms with Crippen LogP contribution in [0.2, 0.25) is 5.02 Å². The number of aromatic nitrogens is 2. The van der Waals surface area contributed by atoms with Crippen molar-refractivity contribution in [1.82, 2.24) is 19.9 Å². The highest BCUT2D eigenvalue weighted by atomic mass is 35.5. The van der Waals surface area contributed by atoms with Gasteiger partial charge in [-0.05, 0) is 48.5 Å². The number of amides is 1. The lowest BCUT2D eigenvalue weighted by molar-refractivity contribution is 0.0615. The van der Waals surface area contributed by atoms with Gasteiger partial charge >= 0.3 is 0 Å². The lowest BCUT2D eigenvalue weighted by atomic mass is 10.2. The Morgan fingerprint density at radius 2 is 1.74 bits per heavy atom. The second-order valence-electron chi connectivity index (χ2n) is 7.78. The maximum absolute atomic E-state index is 12.8. The highest BCUT2D eigenvalue weighted by molar-refractivity contribution is 7.99. The molecule has 1 aliphatic rings. The molecule has 2 heterocycles. The third-order valence-electron chi connectivity index (χ3n) is 5.06. The first-order valence-electron chi connectivity index (χ1n) is 10.3. The molecule has 4 rings (SSSR count). The second-order valence-corrected chi connectivity index (χ2v) is 9.86. The van der Waals surface area contributed by atoms with Crippen LogP contribution in [0.4, 0.5) is 0 Å². The van der Waals surface area contributed by atoms with Crippen LogP contribution >= 0.6 is 23.4 Å². The van der Waals surface area contributed by atoms with E-state index in [-0.39, 0.29) is 5.91 Å². The molecule has 1 amide bonds. The fourth-order valence-corrected chi connectivity index (χ4v) is 4.43. The lowest BCUT2D eigenvalue weighted by Gasteiger charge is -2.34. The summed E-state index contributed by atoms with van der Waals surface area (Å²) in [6.45, 7) is 7.80. The molecule has 0 saturated carbocycles. The Kier molecular flexibility index (Phi) is 6.95. The maximum atomic E-state index is 12.8. The van der Waals surface area contributed by atoms with E-state index in [1.165, 1.54) is 4.90 Å². The number of halogens is 1. The van der Waals surface area contributed by atoms with E-state index < -0.39 is 0 Å². The minimum atomic E-state index is 0.0866. The Labute approximate surface area is 191 Å². The molecule has 8 heteroatoms. The van der Waals surface area contributed by atoms with Gasteiger partial charge in [-0.1, -0.05) is 30.6 Å². The smallest absolute Gasteiger partial charge is 0.253 e. The number of hydrogen-bond acceptors (Lipinski definition) is 6. The Morgan fingerprint density at radius 3 is 2.39 bits per heavy atom. The summed E-state index contributed by atoms with van der Waals surface area (Å²) in [5.74, 6) is 1.21. The molecule has 0 aliphatic carbocycles. The molecule has 0 bridgehead atoms. The normalized spacial score (nSPS) is 14.9. The molecule has 3 aromatic rings. The van der Waals surface area contributed by atoms with Crippen LogP contribution in [0.5, 0.6) is 0 Å². The number of piperazine rings is 1. The zero-order chi connectivity index (χ0) is 21.8. The largest absolute Gasteiger partial charge is 0.338 e. The summed E-state index contributed by atoms with van der Waals surface area (Å²) in [7, 11) is 0. The van der Waals surface area contributed by atoms with Crippen molar-refractivity contribution in [2.45, 2.75) is 30.5 Å². The number of thioether (sulfide) groups is 1. The van der Waals surface area contributed by atoms with Crippen molar-refractivity contribution in [3.8, 4) is 11.4 Å². The number of carbonyl (C=O) groups excluding carboxylic acids is 1. The van der Waals surface area contributed by atoms with Gasteiger partial charge in [-0.2, -0.15) is 4.98 Å². The van der Waals surface area contributed by atoms with Crippen LogP contribution in [-0.2, 0) is 6.54 Å². The van der Waals surface area contributed by atoms with E-state index in [1.54, 1.807) is 23.9 Å². The van der Waals surface area contributed by atoms with Gasteiger partial charge in [0.15, 0.2) is 0 Å². The fourth-order valence-electron chi connectivity index (χ4n) is 3.47. The number of benzene rings is 2. The van der Waals surface area contributed by atoms with Crippen molar-refractivity contribution in [1.29, 1.82) is 0 Å². The van der Waals surface area contributed by atoms with Crippen molar-refractivity contribution in [2.75, 3.05) is 26.2 Å². The minimum Gasteiger partial charge on any atom is -0.338 e. The number of hydrogen-bond donors (Lipinski definition) is 0. The third-order valence-corrected chi connectivity index (χ3v) is 6.33. The van der Waals surface area contributed by atoms with Crippen LogP contribution in [0, 0.1) is 0 Å². The molecule has 0 radical (unpaired) electrons. The predicted molar refractivity (Wildman–Crippen MR) is 123 cm³/mol. The van der Waals surface area contributed by atoms with Gasteiger partial charge in [0.25, 0.3) is 5.91 Å². The van der Waals surface area contributed by atoms with Crippen molar-refractivity contribution in [3.63, 3.8) is 0 Å². The molecule has 1 saturated heterocycles. The molecule has 0 N–H and O–H groups in total. The third kappa shape index (κ3) is 5.67. The zero-order valence-corrected chi connectivity index (χ0v) is 19.2. The monoisotopic (exact) mass is 456 g/mol. The summed E-state index contributed by atoms with van der Waals surface area (Å²) in [6, 6.07) is 15.3. The van der Waals surface area contributed by atoms with E-state index >= 15 is 0 Å². The van der Waals surface area contributed by atoms with Gasteiger partial charge in [-0.3, -0.25) is 9.69 Å². The van der Waals surface area contributed by atoms with E-state index in [4.69, 9.17) is 16.1 Å². The number of carbonyl (C=O) groups is 1. The number of nitrogens with zero attached hydrogens (tertiary/aromatic N) is 4. The highest BCUT2D eigenvalue weighted by Crippen LogP contribution is 2.23. The van der Waals surface area contributed by atoms with E-state index in [2.05, 4.69) is 28.9 Å². The minimum absolute atomic E-state index is 0.0866. The van der Waals surface area contributed by atoms with Crippen molar-refractivity contribution in [2.24, 2.45) is 0 Å². The molecule has 2 aromatic carbocycles. The van der Waals surface area contributed by atoms with E-state index in [0.717, 1.165) is 24.2 Å². The fraction of sp³-hybridized carbons (Fsp3) is 0.348. The van der Waals surface area contributed by atoms with Crippen LogP contribution in [0.15, 0.2) is 57.9 Å². The lowest BCUT2D eigenvalue weighted by Crippen LogP contribution is -2.48. The van der Waals surface area contributed by atoms with Crippen molar-refractivity contribution >= 4 is 29.3 Å². The van der Waals surface area contributed by atoms with Crippen molar-refractivity contribution in [3.05, 3.63) is 65.0 Å². The molecule has 31 heavy (non-hydrogen) atoms. The molecule has 0 unspecified atom stereocenters. The Morgan fingerprint density at radius 1 is 1.06 bits per heavy atom. The van der Waals surface area contributed by atoms with Gasteiger partial charge in [0.05, 0.1) is 6.54 Å². The first-order valence-corrected chi connectivity index (χ1v) is 11.6. The summed E-state index contributed by atoms with van der Waals surface area (Å²) in [5, 5.41) is 5.26. The molecule has 162 valence electrons. The van der Waals surface area contributed by atoms with Gasteiger partial charge in [-0.15, -0.1) is 11.8 Å². The Hall–Kier alpha value is -2.35. The topological polar surface area (TPSA) is 62.5 Å². The average molecular weight is 457 g/mol. The van der Waals surface area contributed by atoms with E-state index in [9.17, 15) is 4.79 Å². The molecule has 0 atom stereocenters. The van der Waals surface area contributed by atoms with Crippen molar-refractivity contribution < 1.29 is 9.32 Å². The molecular formula is C23H25ClN4O2S. The molecule has 0 spiro atoms. The second kappa shape index (κ2) is 9.85. The number of rotatable bonds is 6. The quantitative estimate of drug-likeness (QED) is 0.494. The molecule has 1 fully saturated rings. The maximum Gasteiger partial charge on any atom is 0.253 e. The van der Waals surface area contributed by atoms with Gasteiger partial charge in [0.2, 0.25) is 11.7 Å². The van der Waals surface area contributed by atoms with Crippen LogP contribution in [0.1, 0.15) is 30.1 Å². The molecule has 6 nitrogen and oxygen atoms in total. The zero-order valence-electron chi connectivity index (χ0n) is 17.6. The van der Waals surface area contributed by atoms with Crippen LogP contribution in [-0.4, -0.2) is 57.3 Å². The Bertz CT molecular complexity index is 1010. The first-order chi connectivity index (χ1) is 15.0. The van der Waals surface area contributed by atoms with Gasteiger partial charge in [0, 0.05) is 52.5 Å². The molecule has 1 aromatic heterocycles. The summed E-state index contributed by atoms with van der Waals surface area (Å²) in [6.07, 6.45) is 0. The Balaban J connectivity index is 1.30.